The molecular weight excluding hydrogens is 90.1 g/mol. The summed E-state index contributed by atoms with van der Waals surface area (Å²) in [7, 11) is 0. The standard InChI is InChI=1S/C3H7NO.C2H6/c1-2-5-3-4-1;1-2/h4H,1-3H2;1-2H3. The molecular formula is C5H13NO. The summed E-state index contributed by atoms with van der Waals surface area (Å²) in [5, 5.41) is 3.00. The van der Waals surface area contributed by atoms with Gasteiger partial charge in [-0.3, -0.25) is 5.32 Å². The van der Waals surface area contributed by atoms with Crippen molar-refractivity contribution < 1.29 is 4.74 Å². The Hall–Kier alpha value is -0.0800. The van der Waals surface area contributed by atoms with Crippen molar-refractivity contribution in [3.05, 3.63) is 0 Å². The molecule has 0 aromatic rings. The van der Waals surface area contributed by atoms with Gasteiger partial charge in [-0.1, -0.05) is 13.8 Å². The monoisotopic (exact) mass is 103 g/mol. The maximum atomic E-state index is 4.83. The number of hydrogen-bond acceptors (Lipinski definition) is 2. The van der Waals surface area contributed by atoms with Gasteiger partial charge in [-0.15, -0.1) is 0 Å². The topological polar surface area (TPSA) is 21.3 Å². The predicted octanol–water partition coefficient (Wildman–Crippen LogP) is 0.590. The highest BCUT2D eigenvalue weighted by Crippen LogP contribution is 1.75. The highest BCUT2D eigenvalue weighted by Gasteiger charge is 1.92. The van der Waals surface area contributed by atoms with E-state index >= 15 is 0 Å². The molecule has 0 atom stereocenters. The maximum absolute atomic E-state index is 4.83. The molecule has 0 amide bonds. The third kappa shape index (κ3) is 3.76. The average Bonchev–Trinajstić information content (AvgIpc) is 2.23. The minimum Gasteiger partial charge on any atom is -0.365 e. The molecule has 0 bridgehead atoms. The second-order valence-corrected chi connectivity index (χ2v) is 1.05. The van der Waals surface area contributed by atoms with Gasteiger partial charge in [0.25, 0.3) is 0 Å². The summed E-state index contributed by atoms with van der Waals surface area (Å²) in [4.78, 5) is 0. The fourth-order valence-electron chi connectivity index (χ4n) is 0.361. The van der Waals surface area contributed by atoms with Crippen LogP contribution in [0.1, 0.15) is 13.8 Å². The number of ether oxygens (including phenoxy) is 1. The van der Waals surface area contributed by atoms with Crippen molar-refractivity contribution in [3.8, 4) is 0 Å². The van der Waals surface area contributed by atoms with E-state index in [-0.39, 0.29) is 0 Å². The van der Waals surface area contributed by atoms with Gasteiger partial charge in [-0.2, -0.15) is 0 Å². The van der Waals surface area contributed by atoms with Crippen LogP contribution in [0.15, 0.2) is 0 Å². The summed E-state index contributed by atoms with van der Waals surface area (Å²) in [6.07, 6.45) is 0. The molecule has 0 spiro atoms. The smallest absolute Gasteiger partial charge is 0.0966 e. The normalized spacial score (nSPS) is 18.0. The summed E-state index contributed by atoms with van der Waals surface area (Å²) in [6.45, 7) is 6.67. The summed E-state index contributed by atoms with van der Waals surface area (Å²) >= 11 is 0. The van der Waals surface area contributed by atoms with Crippen LogP contribution < -0.4 is 5.32 Å². The quantitative estimate of drug-likeness (QED) is 0.484. The number of nitrogens with one attached hydrogen (secondary N) is 1. The molecule has 0 radical (unpaired) electrons. The zero-order valence-corrected chi connectivity index (χ0v) is 5.03. The van der Waals surface area contributed by atoms with E-state index in [1.54, 1.807) is 0 Å². The van der Waals surface area contributed by atoms with Crippen molar-refractivity contribution in [2.24, 2.45) is 0 Å². The van der Waals surface area contributed by atoms with Gasteiger partial charge < -0.3 is 4.74 Å². The Morgan fingerprint density at radius 3 is 2.29 bits per heavy atom. The second kappa shape index (κ2) is 5.92. The second-order valence-electron chi connectivity index (χ2n) is 1.05. The molecule has 44 valence electrons. The molecule has 1 fully saturated rings. The lowest BCUT2D eigenvalue weighted by Crippen LogP contribution is -2.05. The molecule has 1 aliphatic heterocycles. The zero-order chi connectivity index (χ0) is 5.54. The van der Waals surface area contributed by atoms with Gasteiger partial charge in [0.05, 0.1) is 13.3 Å². The minimum atomic E-state index is 0.750. The van der Waals surface area contributed by atoms with Crippen LogP contribution in [0.3, 0.4) is 0 Å². The summed E-state index contributed by atoms with van der Waals surface area (Å²) in [6, 6.07) is 0. The van der Waals surface area contributed by atoms with Gasteiger partial charge in [-0.25, -0.2) is 0 Å². The third-order valence-electron chi connectivity index (χ3n) is 0.627. The predicted molar refractivity (Wildman–Crippen MR) is 30.2 cm³/mol. The molecule has 1 aliphatic rings. The van der Waals surface area contributed by atoms with E-state index in [0.717, 1.165) is 19.9 Å². The van der Waals surface area contributed by atoms with Crippen LogP contribution in [0.2, 0.25) is 0 Å². The van der Waals surface area contributed by atoms with Crippen LogP contribution in [0.5, 0.6) is 0 Å². The van der Waals surface area contributed by atoms with E-state index < -0.39 is 0 Å². The van der Waals surface area contributed by atoms with Crippen LogP contribution in [-0.2, 0) is 4.74 Å². The first-order chi connectivity index (χ1) is 3.50. The van der Waals surface area contributed by atoms with Gasteiger partial charge in [0.15, 0.2) is 0 Å². The van der Waals surface area contributed by atoms with Crippen LogP contribution in [0.4, 0.5) is 0 Å². The summed E-state index contributed by atoms with van der Waals surface area (Å²) in [5.41, 5.74) is 0. The molecule has 0 aromatic heterocycles. The molecule has 0 aromatic carbocycles. The Labute approximate surface area is 44.9 Å². The Bertz CT molecular complexity index is 19.7. The van der Waals surface area contributed by atoms with E-state index in [4.69, 9.17) is 4.74 Å². The largest absolute Gasteiger partial charge is 0.365 e. The van der Waals surface area contributed by atoms with Gasteiger partial charge in [-0.05, 0) is 0 Å². The molecule has 1 heterocycles. The van der Waals surface area contributed by atoms with Crippen molar-refractivity contribution in [1.82, 2.24) is 5.32 Å². The number of hydrogen-bond donors (Lipinski definition) is 1. The van der Waals surface area contributed by atoms with E-state index in [9.17, 15) is 0 Å². The first-order valence-corrected chi connectivity index (χ1v) is 2.78. The molecule has 2 nitrogen and oxygen atoms in total. The SMILES string of the molecule is C1COCN1.CC. The van der Waals surface area contributed by atoms with Crippen LogP contribution >= 0.6 is 0 Å². The van der Waals surface area contributed by atoms with Crippen LogP contribution in [-0.4, -0.2) is 19.9 Å². The van der Waals surface area contributed by atoms with E-state index in [1.807, 2.05) is 13.8 Å². The van der Waals surface area contributed by atoms with Gasteiger partial charge in [0.1, 0.15) is 0 Å². The molecule has 7 heavy (non-hydrogen) atoms. The third-order valence-corrected chi connectivity index (χ3v) is 0.627. The van der Waals surface area contributed by atoms with E-state index in [0.29, 0.717) is 0 Å². The van der Waals surface area contributed by atoms with E-state index in [2.05, 4.69) is 5.32 Å². The van der Waals surface area contributed by atoms with Crippen molar-refractivity contribution in [2.75, 3.05) is 19.9 Å². The van der Waals surface area contributed by atoms with Crippen molar-refractivity contribution in [1.29, 1.82) is 0 Å². The maximum Gasteiger partial charge on any atom is 0.0966 e. The molecule has 1 N–H and O–H groups in total. The Kier molecular flexibility index (Phi) is 5.85. The van der Waals surface area contributed by atoms with Crippen molar-refractivity contribution >= 4 is 0 Å². The first kappa shape index (κ1) is 6.92. The fraction of sp³-hybridized carbons (Fsp3) is 1.00. The van der Waals surface area contributed by atoms with Crippen LogP contribution in [0.25, 0.3) is 0 Å². The molecule has 1 rings (SSSR count). The summed E-state index contributed by atoms with van der Waals surface area (Å²) < 4.78 is 4.83. The van der Waals surface area contributed by atoms with Crippen molar-refractivity contribution in [2.45, 2.75) is 13.8 Å². The lowest BCUT2D eigenvalue weighted by atomic mass is 10.7. The zero-order valence-electron chi connectivity index (χ0n) is 5.03. The molecule has 0 aliphatic carbocycles. The fourth-order valence-corrected chi connectivity index (χ4v) is 0.361. The Morgan fingerprint density at radius 1 is 1.43 bits per heavy atom. The Balaban J connectivity index is 0.000000162. The average molecular weight is 103 g/mol. The first-order valence-electron chi connectivity index (χ1n) is 2.78. The lowest BCUT2D eigenvalue weighted by Gasteiger charge is -1.76. The van der Waals surface area contributed by atoms with Crippen LogP contribution in [0, 0.1) is 0 Å². The summed E-state index contributed by atoms with van der Waals surface area (Å²) in [5.74, 6) is 0. The molecule has 0 unspecified atom stereocenters. The highest BCUT2D eigenvalue weighted by atomic mass is 16.5. The molecule has 0 saturated carbocycles. The lowest BCUT2D eigenvalue weighted by molar-refractivity contribution is 0.194. The van der Waals surface area contributed by atoms with Crippen molar-refractivity contribution in [3.63, 3.8) is 0 Å². The van der Waals surface area contributed by atoms with E-state index in [1.165, 1.54) is 0 Å². The Morgan fingerprint density at radius 2 is 2.14 bits per heavy atom. The minimum absolute atomic E-state index is 0.750. The van der Waals surface area contributed by atoms with Gasteiger partial charge >= 0.3 is 0 Å². The molecule has 2 heteroatoms. The number of rotatable bonds is 0. The van der Waals surface area contributed by atoms with Gasteiger partial charge in [0, 0.05) is 6.54 Å². The molecule has 1 saturated heterocycles. The highest BCUT2D eigenvalue weighted by molar-refractivity contribution is 4.43. The van der Waals surface area contributed by atoms with Gasteiger partial charge in [0.2, 0.25) is 0 Å².